The van der Waals surface area contributed by atoms with Crippen molar-refractivity contribution in [1.29, 1.82) is 0 Å². The number of rotatable bonds is 6. The van der Waals surface area contributed by atoms with Gasteiger partial charge in [0.25, 0.3) is 0 Å². The Hall–Kier alpha value is -0.740. The van der Waals surface area contributed by atoms with E-state index in [4.69, 9.17) is 9.84 Å². The van der Waals surface area contributed by atoms with Crippen molar-refractivity contribution in [3.05, 3.63) is 0 Å². The third-order valence-electron chi connectivity index (χ3n) is 0.793. The standard InChI is InChI=1S/C6H11NO3/c8-3-5-10-4-1-2-7-6-9/h2,6,8H,1,3-5H2. The molecule has 0 unspecified atom stereocenters. The smallest absolute Gasteiger partial charge is 0.232 e. The maximum absolute atomic E-state index is 9.61. The first kappa shape index (κ1) is 9.26. The topological polar surface area (TPSA) is 58.9 Å². The highest BCUT2D eigenvalue weighted by Crippen LogP contribution is 1.77. The molecule has 0 rings (SSSR count). The monoisotopic (exact) mass is 145 g/mol. The van der Waals surface area contributed by atoms with Crippen LogP contribution < -0.4 is 0 Å². The summed E-state index contributed by atoms with van der Waals surface area (Å²) in [4.78, 5) is 12.9. The summed E-state index contributed by atoms with van der Waals surface area (Å²) in [5.74, 6) is 0. The Labute approximate surface area is 59.5 Å². The van der Waals surface area contributed by atoms with Gasteiger partial charge < -0.3 is 9.84 Å². The first-order valence-corrected chi connectivity index (χ1v) is 3.05. The summed E-state index contributed by atoms with van der Waals surface area (Å²) >= 11 is 0. The molecule has 0 bridgehead atoms. The van der Waals surface area contributed by atoms with Gasteiger partial charge in [0.05, 0.1) is 19.8 Å². The Morgan fingerprint density at radius 3 is 2.90 bits per heavy atom. The third-order valence-corrected chi connectivity index (χ3v) is 0.793. The van der Waals surface area contributed by atoms with Crippen LogP contribution in [-0.4, -0.2) is 37.6 Å². The molecule has 0 radical (unpaired) electrons. The Bertz CT molecular complexity index is 103. The average Bonchev–Trinajstić information content (AvgIpc) is 1.97. The fraction of sp³-hybridized carbons (Fsp3) is 0.667. The lowest BCUT2D eigenvalue weighted by Gasteiger charge is -1.95. The van der Waals surface area contributed by atoms with Crippen LogP contribution in [0.1, 0.15) is 6.42 Å². The maximum atomic E-state index is 9.61. The number of aliphatic imine (C=N–C) groups is 1. The van der Waals surface area contributed by atoms with Gasteiger partial charge in [0, 0.05) is 12.6 Å². The zero-order valence-electron chi connectivity index (χ0n) is 5.69. The molecule has 0 fully saturated rings. The Kier molecular flexibility index (Phi) is 7.65. The molecule has 0 spiro atoms. The number of hydrogen-bond donors (Lipinski definition) is 1. The highest BCUT2D eigenvalue weighted by molar-refractivity contribution is 5.69. The number of aliphatic hydroxyl groups is 1. The van der Waals surface area contributed by atoms with E-state index in [0.29, 0.717) is 26.0 Å². The van der Waals surface area contributed by atoms with Crippen molar-refractivity contribution >= 4 is 12.6 Å². The minimum atomic E-state index is 0.0326. The Morgan fingerprint density at radius 1 is 1.50 bits per heavy atom. The summed E-state index contributed by atoms with van der Waals surface area (Å²) in [6.07, 6.45) is 2.56. The fourth-order valence-electron chi connectivity index (χ4n) is 0.420. The molecule has 0 saturated carbocycles. The van der Waals surface area contributed by atoms with E-state index in [1.54, 1.807) is 0 Å². The highest BCUT2D eigenvalue weighted by Gasteiger charge is 1.82. The largest absolute Gasteiger partial charge is 0.394 e. The summed E-state index contributed by atoms with van der Waals surface area (Å²) in [6.45, 7) is 0.873. The lowest BCUT2D eigenvalue weighted by molar-refractivity contribution is -0.106. The number of carbonyl (C=O) groups excluding carboxylic acids is 1. The van der Waals surface area contributed by atoms with Crippen LogP contribution in [0.5, 0.6) is 0 Å². The summed E-state index contributed by atoms with van der Waals surface area (Å²) in [6, 6.07) is 0. The zero-order valence-corrected chi connectivity index (χ0v) is 5.69. The Morgan fingerprint density at radius 2 is 2.30 bits per heavy atom. The molecule has 0 aromatic carbocycles. The van der Waals surface area contributed by atoms with Gasteiger partial charge in [-0.1, -0.05) is 0 Å². The quantitative estimate of drug-likeness (QED) is 0.314. The van der Waals surface area contributed by atoms with Crippen LogP contribution in [0.15, 0.2) is 4.99 Å². The van der Waals surface area contributed by atoms with Crippen molar-refractivity contribution in [3.63, 3.8) is 0 Å². The molecule has 0 heterocycles. The molecule has 1 amide bonds. The lowest BCUT2D eigenvalue weighted by atomic mass is 10.5. The second-order valence-electron chi connectivity index (χ2n) is 1.56. The summed E-state index contributed by atoms with van der Waals surface area (Å²) < 4.78 is 4.87. The molecule has 0 aromatic heterocycles. The summed E-state index contributed by atoms with van der Waals surface area (Å²) in [7, 11) is 0. The van der Waals surface area contributed by atoms with Crippen molar-refractivity contribution < 1.29 is 14.6 Å². The molecule has 0 aliphatic heterocycles. The van der Waals surface area contributed by atoms with Crippen LogP contribution in [0.3, 0.4) is 0 Å². The lowest BCUT2D eigenvalue weighted by Crippen LogP contribution is -2.00. The Balaban J connectivity index is 2.90. The molecular formula is C6H11NO3. The number of ether oxygens (including phenoxy) is 1. The number of aliphatic hydroxyl groups excluding tert-OH is 1. The predicted molar refractivity (Wildman–Crippen MR) is 37.1 cm³/mol. The van der Waals surface area contributed by atoms with Gasteiger partial charge in [0.15, 0.2) is 0 Å². The SMILES string of the molecule is O=CN=CCCOCCO. The first-order valence-electron chi connectivity index (χ1n) is 3.05. The number of hydrogen-bond acceptors (Lipinski definition) is 3. The molecule has 0 saturated heterocycles. The zero-order chi connectivity index (χ0) is 7.66. The molecule has 0 aromatic rings. The second kappa shape index (κ2) is 8.26. The molecule has 4 heteroatoms. The highest BCUT2D eigenvalue weighted by atomic mass is 16.5. The van der Waals surface area contributed by atoms with Gasteiger partial charge >= 0.3 is 0 Å². The van der Waals surface area contributed by atoms with Crippen LogP contribution in [0.4, 0.5) is 0 Å². The molecule has 10 heavy (non-hydrogen) atoms. The number of nitrogens with zero attached hydrogens (tertiary/aromatic N) is 1. The van der Waals surface area contributed by atoms with E-state index >= 15 is 0 Å². The van der Waals surface area contributed by atoms with E-state index in [1.807, 2.05) is 0 Å². The fourth-order valence-corrected chi connectivity index (χ4v) is 0.420. The molecule has 4 nitrogen and oxygen atoms in total. The normalized spacial score (nSPS) is 10.5. The molecule has 1 N–H and O–H groups in total. The van der Waals surface area contributed by atoms with Crippen molar-refractivity contribution in [3.8, 4) is 0 Å². The molecule has 0 atom stereocenters. The minimum absolute atomic E-state index is 0.0326. The molecular weight excluding hydrogens is 134 g/mol. The van der Waals surface area contributed by atoms with E-state index in [9.17, 15) is 4.79 Å². The van der Waals surface area contributed by atoms with E-state index in [1.165, 1.54) is 6.21 Å². The third kappa shape index (κ3) is 7.26. The van der Waals surface area contributed by atoms with Gasteiger partial charge in [0.1, 0.15) is 0 Å². The average molecular weight is 145 g/mol. The van der Waals surface area contributed by atoms with Crippen LogP contribution in [-0.2, 0) is 9.53 Å². The number of carbonyl (C=O) groups is 1. The van der Waals surface area contributed by atoms with Gasteiger partial charge in [-0.3, -0.25) is 4.79 Å². The summed E-state index contributed by atoms with van der Waals surface area (Å²) in [5, 5.41) is 8.25. The van der Waals surface area contributed by atoms with Crippen LogP contribution >= 0.6 is 0 Å². The molecule has 0 aliphatic rings. The predicted octanol–water partition coefficient (Wildman–Crippen LogP) is -0.387. The van der Waals surface area contributed by atoms with Gasteiger partial charge in [-0.25, -0.2) is 4.99 Å². The van der Waals surface area contributed by atoms with Crippen molar-refractivity contribution in [2.75, 3.05) is 19.8 Å². The van der Waals surface area contributed by atoms with Gasteiger partial charge in [-0.2, -0.15) is 0 Å². The first-order chi connectivity index (χ1) is 4.91. The van der Waals surface area contributed by atoms with E-state index in [-0.39, 0.29) is 6.61 Å². The maximum Gasteiger partial charge on any atom is 0.232 e. The molecule has 58 valence electrons. The van der Waals surface area contributed by atoms with Crippen LogP contribution in [0.2, 0.25) is 0 Å². The van der Waals surface area contributed by atoms with E-state index in [2.05, 4.69) is 4.99 Å². The van der Waals surface area contributed by atoms with Crippen molar-refractivity contribution in [2.45, 2.75) is 6.42 Å². The summed E-state index contributed by atoms with van der Waals surface area (Å²) in [5.41, 5.74) is 0. The number of amides is 1. The second-order valence-corrected chi connectivity index (χ2v) is 1.56. The van der Waals surface area contributed by atoms with Gasteiger partial charge in [-0.05, 0) is 0 Å². The van der Waals surface area contributed by atoms with E-state index < -0.39 is 0 Å². The molecule has 0 aliphatic carbocycles. The van der Waals surface area contributed by atoms with Gasteiger partial charge in [-0.15, -0.1) is 0 Å². The van der Waals surface area contributed by atoms with Crippen molar-refractivity contribution in [2.24, 2.45) is 4.99 Å². The van der Waals surface area contributed by atoms with Crippen LogP contribution in [0, 0.1) is 0 Å². The van der Waals surface area contributed by atoms with E-state index in [0.717, 1.165) is 0 Å². The minimum Gasteiger partial charge on any atom is -0.394 e. The van der Waals surface area contributed by atoms with Crippen molar-refractivity contribution in [1.82, 2.24) is 0 Å². The van der Waals surface area contributed by atoms with Gasteiger partial charge in [0.2, 0.25) is 6.41 Å². The van der Waals surface area contributed by atoms with Crippen LogP contribution in [0.25, 0.3) is 0 Å².